The van der Waals surface area contributed by atoms with E-state index in [1.807, 2.05) is 38.1 Å². The second-order valence-electron chi connectivity index (χ2n) is 7.36. The number of benzene rings is 1. The Hall–Kier alpha value is -3.59. The van der Waals surface area contributed by atoms with Crippen LogP contribution in [-0.2, 0) is 4.79 Å². The van der Waals surface area contributed by atoms with Gasteiger partial charge in [-0.05, 0) is 5.92 Å². The first-order valence-corrected chi connectivity index (χ1v) is 10.6. The Bertz CT molecular complexity index is 1140. The smallest absolute Gasteiger partial charge is 0.305 e. The minimum Gasteiger partial charge on any atom is -0.481 e. The predicted molar refractivity (Wildman–Crippen MR) is 119 cm³/mol. The van der Waals surface area contributed by atoms with Crippen LogP contribution in [0.5, 0.6) is 0 Å². The van der Waals surface area contributed by atoms with Crippen LogP contribution in [0.4, 0.5) is 5.13 Å². The molecule has 3 heterocycles. The molecule has 0 spiro atoms. The van der Waals surface area contributed by atoms with Crippen molar-refractivity contribution in [1.82, 2.24) is 19.9 Å². The second-order valence-corrected chi connectivity index (χ2v) is 8.36. The quantitative estimate of drug-likeness (QED) is 0.404. The number of aliphatic carboxylic acids is 1. The number of carbonyl (C=O) groups is 1. The van der Waals surface area contributed by atoms with Crippen molar-refractivity contribution >= 4 is 22.4 Å². The lowest BCUT2D eigenvalue weighted by Crippen LogP contribution is -2.28. The number of carboxylic acid groups (broad SMARTS) is 1. The van der Waals surface area contributed by atoms with Crippen LogP contribution >= 0.6 is 11.3 Å². The zero-order chi connectivity index (χ0) is 21.8. The minimum absolute atomic E-state index is 0.0161. The summed E-state index contributed by atoms with van der Waals surface area (Å²) in [6.07, 6.45) is 8.06. The standard InChI is InChI=1S/C22H21N5O3S/c1-13(2)17(7-19(28)29)26-22-27-20(21(31-22)16-8-23-11-24-9-16)15-5-3-14(4-6-15)18-10-25-12-30-18/h3-6,8-13,17H,7H2,1-2H3,(H,26,27)(H,28,29). The summed E-state index contributed by atoms with van der Waals surface area (Å²) in [6, 6.07) is 7.62. The van der Waals surface area contributed by atoms with E-state index in [9.17, 15) is 9.90 Å². The molecule has 0 aliphatic heterocycles. The summed E-state index contributed by atoms with van der Waals surface area (Å²) < 4.78 is 5.36. The summed E-state index contributed by atoms with van der Waals surface area (Å²) in [7, 11) is 0. The Morgan fingerprint density at radius 1 is 1.06 bits per heavy atom. The molecule has 0 radical (unpaired) electrons. The van der Waals surface area contributed by atoms with Crippen molar-refractivity contribution < 1.29 is 14.3 Å². The molecule has 3 aromatic heterocycles. The topological polar surface area (TPSA) is 114 Å². The summed E-state index contributed by atoms with van der Waals surface area (Å²) in [5, 5.41) is 13.2. The number of thiazole rings is 1. The third kappa shape index (κ3) is 4.77. The first kappa shape index (κ1) is 20.7. The maximum Gasteiger partial charge on any atom is 0.305 e. The molecule has 0 saturated carbocycles. The molecule has 0 bridgehead atoms. The monoisotopic (exact) mass is 435 g/mol. The SMILES string of the molecule is CC(C)C(CC(=O)O)Nc1nc(-c2ccc(-c3cnco3)cc2)c(-c2cncnc2)s1. The van der Waals surface area contributed by atoms with Crippen molar-refractivity contribution in [2.75, 3.05) is 5.32 Å². The van der Waals surface area contributed by atoms with Gasteiger partial charge in [-0.1, -0.05) is 49.4 Å². The summed E-state index contributed by atoms with van der Waals surface area (Å²) in [6.45, 7) is 3.98. The Labute approximate surface area is 183 Å². The molecule has 0 aliphatic carbocycles. The highest BCUT2D eigenvalue weighted by atomic mass is 32.1. The van der Waals surface area contributed by atoms with Crippen molar-refractivity contribution in [3.63, 3.8) is 0 Å². The van der Waals surface area contributed by atoms with Gasteiger partial charge in [0.25, 0.3) is 0 Å². The highest BCUT2D eigenvalue weighted by Gasteiger charge is 2.21. The molecule has 0 aliphatic rings. The van der Waals surface area contributed by atoms with Crippen molar-refractivity contribution in [3.8, 4) is 33.0 Å². The minimum atomic E-state index is -0.845. The van der Waals surface area contributed by atoms with Crippen LogP contribution < -0.4 is 5.32 Å². The normalized spacial score (nSPS) is 12.1. The van der Waals surface area contributed by atoms with Gasteiger partial charge in [-0.25, -0.2) is 19.9 Å². The van der Waals surface area contributed by atoms with Gasteiger partial charge in [-0.2, -0.15) is 0 Å². The maximum absolute atomic E-state index is 11.3. The number of nitrogens with one attached hydrogen (secondary N) is 1. The molecule has 4 rings (SSSR count). The number of aromatic nitrogens is 4. The summed E-state index contributed by atoms with van der Waals surface area (Å²) >= 11 is 1.46. The number of hydrogen-bond donors (Lipinski definition) is 2. The van der Waals surface area contributed by atoms with E-state index in [1.54, 1.807) is 18.6 Å². The molecule has 1 unspecified atom stereocenters. The lowest BCUT2D eigenvalue weighted by atomic mass is 10.0. The molecule has 0 amide bonds. The molecule has 1 aromatic carbocycles. The van der Waals surface area contributed by atoms with E-state index in [-0.39, 0.29) is 18.4 Å². The largest absolute Gasteiger partial charge is 0.481 e. The summed E-state index contributed by atoms with van der Waals surface area (Å²) in [5.41, 5.74) is 3.47. The van der Waals surface area contributed by atoms with E-state index >= 15 is 0 Å². The third-order valence-electron chi connectivity index (χ3n) is 4.83. The van der Waals surface area contributed by atoms with E-state index < -0.39 is 5.97 Å². The zero-order valence-corrected chi connectivity index (χ0v) is 17.8. The molecule has 0 saturated heterocycles. The molecule has 8 nitrogen and oxygen atoms in total. The summed E-state index contributed by atoms with van der Waals surface area (Å²) in [5.74, 6) is -0.0203. The highest BCUT2D eigenvalue weighted by molar-refractivity contribution is 7.19. The van der Waals surface area contributed by atoms with Gasteiger partial charge in [0.1, 0.15) is 6.33 Å². The average Bonchev–Trinajstić information content (AvgIpc) is 3.44. The molecule has 9 heteroatoms. The molecule has 158 valence electrons. The number of anilines is 1. The fraction of sp³-hybridized carbons (Fsp3) is 0.227. The molecular formula is C22H21N5O3S. The van der Waals surface area contributed by atoms with E-state index in [0.717, 1.165) is 27.3 Å². The van der Waals surface area contributed by atoms with Crippen LogP contribution in [0.1, 0.15) is 20.3 Å². The van der Waals surface area contributed by atoms with Crippen LogP contribution in [0.15, 0.2) is 60.0 Å². The van der Waals surface area contributed by atoms with Gasteiger partial charge in [0, 0.05) is 35.1 Å². The van der Waals surface area contributed by atoms with Crippen LogP contribution in [0.25, 0.3) is 33.0 Å². The zero-order valence-electron chi connectivity index (χ0n) is 17.0. The van der Waals surface area contributed by atoms with E-state index in [4.69, 9.17) is 9.40 Å². The Morgan fingerprint density at radius 2 is 1.77 bits per heavy atom. The van der Waals surface area contributed by atoms with Crippen molar-refractivity contribution in [1.29, 1.82) is 0 Å². The van der Waals surface area contributed by atoms with E-state index in [0.29, 0.717) is 10.9 Å². The molecule has 0 fully saturated rings. The van der Waals surface area contributed by atoms with Gasteiger partial charge in [-0.3, -0.25) is 4.79 Å². The van der Waals surface area contributed by atoms with Crippen molar-refractivity contribution in [3.05, 3.63) is 55.6 Å². The third-order valence-corrected chi connectivity index (χ3v) is 5.87. The van der Waals surface area contributed by atoms with Gasteiger partial charge in [-0.15, -0.1) is 0 Å². The second kappa shape index (κ2) is 9.05. The molecule has 2 N–H and O–H groups in total. The van der Waals surface area contributed by atoms with E-state index in [1.165, 1.54) is 24.1 Å². The fourth-order valence-electron chi connectivity index (χ4n) is 3.14. The molecule has 4 aromatic rings. The Balaban J connectivity index is 1.71. The molecular weight excluding hydrogens is 414 g/mol. The predicted octanol–water partition coefficient (Wildman–Crippen LogP) is 4.83. The van der Waals surface area contributed by atoms with Gasteiger partial charge < -0.3 is 14.8 Å². The molecule has 31 heavy (non-hydrogen) atoms. The number of rotatable bonds is 8. The van der Waals surface area contributed by atoms with Crippen molar-refractivity contribution in [2.24, 2.45) is 5.92 Å². The lowest BCUT2D eigenvalue weighted by Gasteiger charge is -2.19. The van der Waals surface area contributed by atoms with Crippen LogP contribution in [-0.4, -0.2) is 37.1 Å². The highest BCUT2D eigenvalue weighted by Crippen LogP contribution is 2.39. The van der Waals surface area contributed by atoms with Crippen LogP contribution in [0.2, 0.25) is 0 Å². The summed E-state index contributed by atoms with van der Waals surface area (Å²) in [4.78, 5) is 29.2. The maximum atomic E-state index is 11.3. The number of nitrogens with zero attached hydrogens (tertiary/aromatic N) is 4. The Kier molecular flexibility index (Phi) is 6.03. The van der Waals surface area contributed by atoms with Gasteiger partial charge in [0.05, 0.1) is 23.2 Å². The van der Waals surface area contributed by atoms with Crippen LogP contribution in [0.3, 0.4) is 0 Å². The van der Waals surface area contributed by atoms with Gasteiger partial charge in [0.2, 0.25) is 0 Å². The lowest BCUT2D eigenvalue weighted by molar-refractivity contribution is -0.137. The van der Waals surface area contributed by atoms with Crippen LogP contribution in [0, 0.1) is 5.92 Å². The first-order chi connectivity index (χ1) is 15.0. The number of hydrogen-bond acceptors (Lipinski definition) is 8. The Morgan fingerprint density at radius 3 is 2.39 bits per heavy atom. The van der Waals surface area contributed by atoms with E-state index in [2.05, 4.69) is 20.3 Å². The number of oxazole rings is 1. The number of carboxylic acids is 1. The van der Waals surface area contributed by atoms with Crippen molar-refractivity contribution in [2.45, 2.75) is 26.3 Å². The van der Waals surface area contributed by atoms with Gasteiger partial charge >= 0.3 is 5.97 Å². The first-order valence-electron chi connectivity index (χ1n) is 9.75. The van der Waals surface area contributed by atoms with Gasteiger partial charge in [0.15, 0.2) is 17.3 Å². The molecule has 1 atom stereocenters. The fourth-order valence-corrected chi connectivity index (χ4v) is 4.16. The average molecular weight is 436 g/mol.